The number of hydrogen-bond acceptors (Lipinski definition) is 0. The number of benzene rings is 2. The topological polar surface area (TPSA) is 0 Å². The van der Waals surface area contributed by atoms with Gasteiger partial charge >= 0.3 is 0 Å². The molecule has 0 aliphatic heterocycles. The Morgan fingerprint density at radius 3 is 1.88 bits per heavy atom. The van der Waals surface area contributed by atoms with Gasteiger partial charge in [-0.05, 0) is 33.2 Å². The van der Waals surface area contributed by atoms with Crippen LogP contribution in [0.15, 0.2) is 36.4 Å². The van der Waals surface area contributed by atoms with E-state index in [1.54, 1.807) is 0 Å². The molecule has 0 heteroatoms. The molecular formula is C17H22. The fraction of sp³-hybridized carbons (Fsp3) is 0.412. The monoisotopic (exact) mass is 226 g/mol. The number of rotatable bonds is 1. The molecule has 0 aromatic heterocycles. The van der Waals surface area contributed by atoms with Crippen LogP contribution in [0.25, 0.3) is 10.8 Å². The highest BCUT2D eigenvalue weighted by molar-refractivity contribution is 5.84. The first-order valence-corrected chi connectivity index (χ1v) is 6.43. The molecule has 0 amide bonds. The predicted molar refractivity (Wildman–Crippen MR) is 76.7 cm³/mol. The van der Waals surface area contributed by atoms with Gasteiger partial charge in [-0.3, -0.25) is 0 Å². The fourth-order valence-electron chi connectivity index (χ4n) is 2.39. The Morgan fingerprint density at radius 2 is 1.41 bits per heavy atom. The second-order valence-corrected chi connectivity index (χ2v) is 6.19. The van der Waals surface area contributed by atoms with Gasteiger partial charge in [0.1, 0.15) is 0 Å². The van der Waals surface area contributed by atoms with Crippen molar-refractivity contribution >= 4 is 10.8 Å². The molecule has 0 fully saturated rings. The number of fused-ring (bicyclic) bond motifs is 1. The second-order valence-electron chi connectivity index (χ2n) is 6.19. The SMILES string of the molecule is CC(C)c1cc2ccccc2cc1C(C)(C)C. The Bertz CT molecular complexity index is 527. The lowest BCUT2D eigenvalue weighted by Crippen LogP contribution is -2.15. The van der Waals surface area contributed by atoms with E-state index in [2.05, 4.69) is 71.0 Å². The van der Waals surface area contributed by atoms with Gasteiger partial charge in [0.05, 0.1) is 0 Å². The highest BCUT2D eigenvalue weighted by Crippen LogP contribution is 2.33. The molecular weight excluding hydrogens is 204 g/mol. The van der Waals surface area contributed by atoms with Crippen molar-refractivity contribution in [2.45, 2.75) is 46.0 Å². The van der Waals surface area contributed by atoms with E-state index in [0.29, 0.717) is 5.92 Å². The molecule has 0 atom stereocenters. The molecule has 17 heavy (non-hydrogen) atoms. The van der Waals surface area contributed by atoms with Crippen molar-refractivity contribution in [1.82, 2.24) is 0 Å². The molecule has 0 heterocycles. The Hall–Kier alpha value is -1.30. The summed E-state index contributed by atoms with van der Waals surface area (Å²) in [7, 11) is 0. The average molecular weight is 226 g/mol. The first-order valence-electron chi connectivity index (χ1n) is 6.43. The van der Waals surface area contributed by atoms with Crippen LogP contribution in [0.2, 0.25) is 0 Å². The van der Waals surface area contributed by atoms with Gasteiger partial charge < -0.3 is 0 Å². The van der Waals surface area contributed by atoms with Crippen molar-refractivity contribution in [2.75, 3.05) is 0 Å². The predicted octanol–water partition coefficient (Wildman–Crippen LogP) is 5.26. The first kappa shape index (κ1) is 12.2. The third-order valence-electron chi connectivity index (χ3n) is 3.35. The molecule has 0 radical (unpaired) electrons. The first-order chi connectivity index (χ1) is 7.89. The van der Waals surface area contributed by atoms with Crippen molar-refractivity contribution in [3.05, 3.63) is 47.5 Å². The molecule has 0 nitrogen and oxygen atoms in total. The van der Waals surface area contributed by atoms with Crippen molar-refractivity contribution in [3.63, 3.8) is 0 Å². The lowest BCUT2D eigenvalue weighted by atomic mass is 9.79. The van der Waals surface area contributed by atoms with Crippen LogP contribution in [0, 0.1) is 0 Å². The van der Waals surface area contributed by atoms with E-state index in [4.69, 9.17) is 0 Å². The standard InChI is InChI=1S/C17H22/c1-12(2)15-10-13-8-6-7-9-14(13)11-16(15)17(3,4)5/h6-12H,1-5H3. The second kappa shape index (κ2) is 4.18. The van der Waals surface area contributed by atoms with Crippen molar-refractivity contribution < 1.29 is 0 Å². The largest absolute Gasteiger partial charge is 0.0616 e. The summed E-state index contributed by atoms with van der Waals surface area (Å²) in [5.74, 6) is 0.578. The van der Waals surface area contributed by atoms with Crippen LogP contribution in [-0.4, -0.2) is 0 Å². The maximum absolute atomic E-state index is 2.37. The molecule has 0 spiro atoms. The van der Waals surface area contributed by atoms with Gasteiger partial charge in [-0.2, -0.15) is 0 Å². The van der Waals surface area contributed by atoms with Crippen LogP contribution in [0.5, 0.6) is 0 Å². The summed E-state index contributed by atoms with van der Waals surface area (Å²) in [4.78, 5) is 0. The minimum Gasteiger partial charge on any atom is -0.0616 e. The van der Waals surface area contributed by atoms with Gasteiger partial charge in [0.15, 0.2) is 0 Å². The van der Waals surface area contributed by atoms with Crippen molar-refractivity contribution in [3.8, 4) is 0 Å². The molecule has 0 saturated carbocycles. The van der Waals surface area contributed by atoms with E-state index in [1.807, 2.05) is 0 Å². The maximum Gasteiger partial charge on any atom is -0.0129 e. The van der Waals surface area contributed by atoms with E-state index in [1.165, 1.54) is 21.9 Å². The summed E-state index contributed by atoms with van der Waals surface area (Å²) in [6.45, 7) is 11.4. The summed E-state index contributed by atoms with van der Waals surface area (Å²) >= 11 is 0. The Balaban J connectivity index is 2.75. The van der Waals surface area contributed by atoms with Gasteiger partial charge in [-0.1, -0.05) is 71.0 Å². The number of hydrogen-bond donors (Lipinski definition) is 0. The van der Waals surface area contributed by atoms with E-state index in [-0.39, 0.29) is 5.41 Å². The average Bonchev–Trinajstić information content (AvgIpc) is 2.26. The molecule has 0 saturated heterocycles. The quantitative estimate of drug-likeness (QED) is 0.622. The van der Waals surface area contributed by atoms with E-state index in [0.717, 1.165) is 0 Å². The van der Waals surface area contributed by atoms with Crippen LogP contribution in [0.3, 0.4) is 0 Å². The zero-order valence-corrected chi connectivity index (χ0v) is 11.5. The lowest BCUT2D eigenvalue weighted by molar-refractivity contribution is 0.578. The summed E-state index contributed by atoms with van der Waals surface area (Å²) in [5, 5.41) is 2.70. The van der Waals surface area contributed by atoms with Gasteiger partial charge in [0.2, 0.25) is 0 Å². The maximum atomic E-state index is 2.37. The Kier molecular flexibility index (Phi) is 2.99. The molecule has 0 aliphatic rings. The summed E-state index contributed by atoms with van der Waals surface area (Å²) in [6.07, 6.45) is 0. The minimum atomic E-state index is 0.212. The molecule has 2 rings (SSSR count). The molecule has 90 valence electrons. The molecule has 2 aromatic rings. The van der Waals surface area contributed by atoms with Gasteiger partial charge in [0, 0.05) is 0 Å². The van der Waals surface area contributed by atoms with Crippen LogP contribution < -0.4 is 0 Å². The van der Waals surface area contributed by atoms with Crippen molar-refractivity contribution in [1.29, 1.82) is 0 Å². The Morgan fingerprint density at radius 1 is 0.882 bits per heavy atom. The van der Waals surface area contributed by atoms with Gasteiger partial charge in [-0.25, -0.2) is 0 Å². The van der Waals surface area contributed by atoms with E-state index >= 15 is 0 Å². The fourth-order valence-corrected chi connectivity index (χ4v) is 2.39. The van der Waals surface area contributed by atoms with E-state index in [9.17, 15) is 0 Å². The zero-order chi connectivity index (χ0) is 12.6. The highest BCUT2D eigenvalue weighted by Gasteiger charge is 2.19. The van der Waals surface area contributed by atoms with Crippen LogP contribution in [0.4, 0.5) is 0 Å². The lowest BCUT2D eigenvalue weighted by Gasteiger charge is -2.25. The van der Waals surface area contributed by atoms with Crippen LogP contribution in [0.1, 0.15) is 51.7 Å². The smallest absolute Gasteiger partial charge is 0.0129 e. The van der Waals surface area contributed by atoms with Crippen LogP contribution in [-0.2, 0) is 5.41 Å². The van der Waals surface area contributed by atoms with Crippen LogP contribution >= 0.6 is 0 Å². The third kappa shape index (κ3) is 2.36. The van der Waals surface area contributed by atoms with Gasteiger partial charge in [0.25, 0.3) is 0 Å². The Labute approximate surface area is 105 Å². The molecule has 0 N–H and O–H groups in total. The molecule has 2 aromatic carbocycles. The molecule has 0 aliphatic carbocycles. The van der Waals surface area contributed by atoms with Crippen molar-refractivity contribution in [2.24, 2.45) is 0 Å². The van der Waals surface area contributed by atoms with E-state index < -0.39 is 0 Å². The molecule has 0 unspecified atom stereocenters. The zero-order valence-electron chi connectivity index (χ0n) is 11.5. The third-order valence-corrected chi connectivity index (χ3v) is 3.35. The highest BCUT2D eigenvalue weighted by atomic mass is 14.2. The minimum absolute atomic E-state index is 0.212. The molecule has 0 bridgehead atoms. The normalized spacial score (nSPS) is 12.4. The summed E-state index contributed by atoms with van der Waals surface area (Å²) in [6, 6.07) is 13.4. The van der Waals surface area contributed by atoms with Gasteiger partial charge in [-0.15, -0.1) is 0 Å². The summed E-state index contributed by atoms with van der Waals surface area (Å²) < 4.78 is 0. The summed E-state index contributed by atoms with van der Waals surface area (Å²) in [5.41, 5.74) is 3.17.